The second kappa shape index (κ2) is 10.5. The molecule has 2 atom stereocenters. The van der Waals surface area contributed by atoms with Crippen molar-refractivity contribution in [3.05, 3.63) is 65.2 Å². The summed E-state index contributed by atoms with van der Waals surface area (Å²) >= 11 is 0. The highest BCUT2D eigenvalue weighted by Crippen LogP contribution is 2.34. The Labute approximate surface area is 184 Å². The molecular formula is C23H30ClN3O3. The first-order valence-electron chi connectivity index (χ1n) is 9.94. The molecule has 0 fully saturated rings. The second-order valence-electron chi connectivity index (χ2n) is 7.77. The van der Waals surface area contributed by atoms with E-state index in [-0.39, 0.29) is 42.7 Å². The molecule has 1 aliphatic rings. The van der Waals surface area contributed by atoms with Crippen molar-refractivity contribution >= 4 is 24.2 Å². The number of benzene rings is 2. The predicted octanol–water partition coefficient (Wildman–Crippen LogP) is 2.84. The highest BCUT2D eigenvalue weighted by Gasteiger charge is 2.31. The van der Waals surface area contributed by atoms with Crippen LogP contribution < -0.4 is 15.8 Å². The van der Waals surface area contributed by atoms with Gasteiger partial charge in [-0.05, 0) is 41.2 Å². The van der Waals surface area contributed by atoms with Crippen LogP contribution in [0.2, 0.25) is 0 Å². The number of nitrogens with two attached hydrogens (primary N) is 1. The number of rotatable bonds is 6. The second-order valence-corrected chi connectivity index (χ2v) is 7.77. The summed E-state index contributed by atoms with van der Waals surface area (Å²) in [4.78, 5) is 27.1. The molecule has 162 valence electrons. The Kier molecular flexibility index (Phi) is 8.26. The highest BCUT2D eigenvalue weighted by molar-refractivity contribution is 5.87. The predicted molar refractivity (Wildman–Crippen MR) is 120 cm³/mol. The van der Waals surface area contributed by atoms with Crippen LogP contribution in [-0.4, -0.2) is 36.4 Å². The minimum atomic E-state index is -0.626. The zero-order chi connectivity index (χ0) is 21.0. The number of fused-ring (bicyclic) bond motifs is 1. The fourth-order valence-corrected chi connectivity index (χ4v) is 3.61. The fourth-order valence-electron chi connectivity index (χ4n) is 3.61. The van der Waals surface area contributed by atoms with E-state index in [9.17, 15) is 9.59 Å². The van der Waals surface area contributed by atoms with Gasteiger partial charge in [0.25, 0.3) is 0 Å². The molecule has 2 aromatic carbocycles. The lowest BCUT2D eigenvalue weighted by Crippen LogP contribution is -2.49. The van der Waals surface area contributed by atoms with Gasteiger partial charge in [0, 0.05) is 6.54 Å². The summed E-state index contributed by atoms with van der Waals surface area (Å²) in [6, 6.07) is 15.3. The third-order valence-corrected chi connectivity index (χ3v) is 5.48. The molecule has 1 heterocycles. The lowest BCUT2D eigenvalue weighted by Gasteiger charge is -2.37. The van der Waals surface area contributed by atoms with Crippen LogP contribution in [0.1, 0.15) is 36.6 Å². The molecule has 2 amide bonds. The molecule has 2 aromatic rings. The van der Waals surface area contributed by atoms with Gasteiger partial charge in [-0.2, -0.15) is 0 Å². The third kappa shape index (κ3) is 5.32. The Bertz CT molecular complexity index is 873. The van der Waals surface area contributed by atoms with Crippen LogP contribution in [0.15, 0.2) is 48.5 Å². The maximum absolute atomic E-state index is 13.1. The molecule has 0 saturated heterocycles. The van der Waals surface area contributed by atoms with Gasteiger partial charge in [-0.1, -0.05) is 50.2 Å². The van der Waals surface area contributed by atoms with E-state index in [2.05, 4.69) is 11.4 Å². The van der Waals surface area contributed by atoms with Crippen LogP contribution in [0.4, 0.5) is 0 Å². The van der Waals surface area contributed by atoms with Crippen molar-refractivity contribution in [1.29, 1.82) is 0 Å². The first kappa shape index (κ1) is 23.7. The normalized spacial score (nSPS) is 16.3. The van der Waals surface area contributed by atoms with Crippen molar-refractivity contribution in [2.24, 2.45) is 11.7 Å². The fraction of sp³-hybridized carbons (Fsp3) is 0.391. The molecule has 0 aliphatic carbocycles. The summed E-state index contributed by atoms with van der Waals surface area (Å²) in [7, 11) is 1.63. The Morgan fingerprint density at radius 2 is 1.87 bits per heavy atom. The van der Waals surface area contributed by atoms with E-state index < -0.39 is 6.04 Å². The molecule has 6 nitrogen and oxygen atoms in total. The molecule has 0 saturated carbocycles. The summed E-state index contributed by atoms with van der Waals surface area (Å²) in [5.41, 5.74) is 9.23. The van der Waals surface area contributed by atoms with E-state index in [0.29, 0.717) is 13.0 Å². The lowest BCUT2D eigenvalue weighted by molar-refractivity contribution is -0.136. The van der Waals surface area contributed by atoms with Gasteiger partial charge in [0.05, 0.1) is 25.7 Å². The van der Waals surface area contributed by atoms with Crippen LogP contribution >= 0.6 is 12.4 Å². The smallest absolute Gasteiger partial charge is 0.242 e. The molecule has 3 rings (SSSR count). The first-order chi connectivity index (χ1) is 13.9. The van der Waals surface area contributed by atoms with Crippen LogP contribution in [0.3, 0.4) is 0 Å². The monoisotopic (exact) mass is 431 g/mol. The van der Waals surface area contributed by atoms with E-state index >= 15 is 0 Å². The summed E-state index contributed by atoms with van der Waals surface area (Å²) < 4.78 is 5.34. The zero-order valence-electron chi connectivity index (χ0n) is 17.6. The summed E-state index contributed by atoms with van der Waals surface area (Å²) in [6.45, 7) is 4.16. The lowest BCUT2D eigenvalue weighted by atomic mass is 9.89. The quantitative estimate of drug-likeness (QED) is 0.736. The molecule has 1 aliphatic heterocycles. The van der Waals surface area contributed by atoms with Crippen molar-refractivity contribution in [2.75, 3.05) is 13.7 Å². The first-order valence-corrected chi connectivity index (χ1v) is 9.94. The van der Waals surface area contributed by atoms with Crippen LogP contribution in [0, 0.1) is 5.92 Å². The number of methoxy groups -OCH3 is 1. The number of carbonyl (C=O) groups excluding carboxylic acids is 2. The number of ether oxygens (including phenoxy) is 1. The molecule has 1 unspecified atom stereocenters. The maximum Gasteiger partial charge on any atom is 0.242 e. The van der Waals surface area contributed by atoms with Gasteiger partial charge in [-0.15, -0.1) is 12.4 Å². The van der Waals surface area contributed by atoms with E-state index in [1.54, 1.807) is 7.11 Å². The number of nitrogens with zero attached hydrogens (tertiary/aromatic N) is 1. The van der Waals surface area contributed by atoms with E-state index in [1.165, 1.54) is 5.56 Å². The maximum atomic E-state index is 13.1. The Morgan fingerprint density at radius 3 is 2.50 bits per heavy atom. The van der Waals surface area contributed by atoms with Crippen molar-refractivity contribution < 1.29 is 14.3 Å². The van der Waals surface area contributed by atoms with Gasteiger partial charge in [0.1, 0.15) is 5.75 Å². The molecule has 0 spiro atoms. The standard InChI is InChI=1S/C23H29N3O3.ClH/c1-15(2)22(24)23(28)25-13-21(27)26-14-18-11-19(29-3)10-9-17(18)12-20(26)16-7-5-4-6-8-16;/h4-11,15,20,22H,12-14,24H2,1-3H3,(H,25,28);1H/t20?,22-;/m0./s1. The SMILES string of the molecule is COc1ccc2c(c1)CN(C(=O)CNC(=O)[C@@H](N)C(C)C)C(c1ccccc1)C2.Cl. The van der Waals surface area contributed by atoms with Crippen LogP contribution in [0.5, 0.6) is 5.75 Å². The Balaban J connectivity index is 0.00000320. The third-order valence-electron chi connectivity index (χ3n) is 5.48. The molecule has 0 aromatic heterocycles. The minimum absolute atomic E-state index is 0. The zero-order valence-corrected chi connectivity index (χ0v) is 18.4. The highest BCUT2D eigenvalue weighted by atomic mass is 35.5. The molecular weight excluding hydrogens is 402 g/mol. The summed E-state index contributed by atoms with van der Waals surface area (Å²) in [5.74, 6) is 0.349. The molecule has 0 radical (unpaired) electrons. The van der Waals surface area contributed by atoms with Crippen LogP contribution in [-0.2, 0) is 22.6 Å². The Hall–Kier alpha value is -2.57. The summed E-state index contributed by atoms with van der Waals surface area (Å²) in [6.07, 6.45) is 0.717. The van der Waals surface area contributed by atoms with Gasteiger partial charge in [-0.25, -0.2) is 0 Å². The minimum Gasteiger partial charge on any atom is -0.497 e. The number of hydrogen-bond donors (Lipinski definition) is 2. The average molecular weight is 432 g/mol. The number of halogens is 1. The van der Waals surface area contributed by atoms with Gasteiger partial charge >= 0.3 is 0 Å². The van der Waals surface area contributed by atoms with E-state index in [0.717, 1.165) is 16.9 Å². The van der Waals surface area contributed by atoms with Crippen molar-refractivity contribution in [3.8, 4) is 5.75 Å². The number of nitrogens with one attached hydrogen (secondary N) is 1. The van der Waals surface area contributed by atoms with E-state index in [1.807, 2.05) is 61.2 Å². The van der Waals surface area contributed by atoms with E-state index in [4.69, 9.17) is 10.5 Å². The van der Waals surface area contributed by atoms with Crippen molar-refractivity contribution in [2.45, 2.75) is 38.9 Å². The number of hydrogen-bond acceptors (Lipinski definition) is 4. The molecule has 7 heteroatoms. The van der Waals surface area contributed by atoms with Crippen LogP contribution in [0.25, 0.3) is 0 Å². The molecule has 0 bridgehead atoms. The molecule has 3 N–H and O–H groups in total. The number of carbonyl (C=O) groups is 2. The van der Waals surface area contributed by atoms with Gasteiger partial charge in [-0.3, -0.25) is 9.59 Å². The van der Waals surface area contributed by atoms with Crippen molar-refractivity contribution in [1.82, 2.24) is 10.2 Å². The van der Waals surface area contributed by atoms with Gasteiger partial charge < -0.3 is 20.7 Å². The average Bonchev–Trinajstić information content (AvgIpc) is 2.75. The van der Waals surface area contributed by atoms with Gasteiger partial charge in [0.2, 0.25) is 11.8 Å². The topological polar surface area (TPSA) is 84.7 Å². The summed E-state index contributed by atoms with van der Waals surface area (Å²) in [5, 5.41) is 2.70. The Morgan fingerprint density at radius 1 is 1.17 bits per heavy atom. The van der Waals surface area contributed by atoms with Gasteiger partial charge in [0.15, 0.2) is 0 Å². The number of amides is 2. The largest absolute Gasteiger partial charge is 0.497 e. The molecule has 30 heavy (non-hydrogen) atoms. The van der Waals surface area contributed by atoms with Crippen molar-refractivity contribution in [3.63, 3.8) is 0 Å².